The number of aromatic nitrogens is 3. The first-order chi connectivity index (χ1) is 16.2. The van der Waals surface area contributed by atoms with Gasteiger partial charge in [0.1, 0.15) is 17.3 Å². The zero-order valence-electron chi connectivity index (χ0n) is 17.6. The quantitative estimate of drug-likeness (QED) is 0.346. The predicted molar refractivity (Wildman–Crippen MR) is 117 cm³/mol. The molecule has 4 aromatic rings. The maximum Gasteiger partial charge on any atom is 0.419 e. The Hall–Kier alpha value is -4.41. The molecule has 0 aliphatic carbocycles. The first-order valence-corrected chi connectivity index (χ1v) is 9.85. The molecule has 34 heavy (non-hydrogen) atoms. The van der Waals surface area contributed by atoms with E-state index in [4.69, 9.17) is 4.74 Å². The molecule has 0 bridgehead atoms. The lowest BCUT2D eigenvalue weighted by Crippen LogP contribution is -2.20. The number of alkyl halides is 3. The standard InChI is InChI=1S/C23H17F4N5O2/c1-32-13-14(12-29-32)21-11-18(7-8-28-21)34-17-4-2-3-15(9-17)30-22(33)31-16-5-6-20(24)19(10-16)23(25,26)27/h2-13H,1H3,(H2,30,31,33). The highest BCUT2D eigenvalue weighted by molar-refractivity contribution is 5.99. The number of ether oxygens (including phenoxy) is 1. The van der Waals surface area contributed by atoms with E-state index in [1.807, 2.05) is 6.20 Å². The summed E-state index contributed by atoms with van der Waals surface area (Å²) in [6.07, 6.45) is 0.195. The highest BCUT2D eigenvalue weighted by atomic mass is 19.4. The normalized spacial score (nSPS) is 11.2. The fourth-order valence-corrected chi connectivity index (χ4v) is 3.07. The fourth-order valence-electron chi connectivity index (χ4n) is 3.07. The predicted octanol–water partition coefficient (Wildman–Crippen LogP) is 6.08. The Balaban J connectivity index is 1.44. The molecule has 0 aliphatic heterocycles. The maximum absolute atomic E-state index is 13.4. The molecule has 7 nitrogen and oxygen atoms in total. The van der Waals surface area contributed by atoms with E-state index in [-0.39, 0.29) is 5.69 Å². The number of amides is 2. The van der Waals surface area contributed by atoms with Gasteiger partial charge in [0.2, 0.25) is 0 Å². The molecule has 0 aliphatic rings. The highest BCUT2D eigenvalue weighted by Gasteiger charge is 2.34. The molecule has 0 atom stereocenters. The van der Waals surface area contributed by atoms with Crippen molar-refractivity contribution in [3.8, 4) is 22.8 Å². The van der Waals surface area contributed by atoms with E-state index in [0.717, 1.165) is 11.6 Å². The Labute approximate surface area is 191 Å². The van der Waals surface area contributed by atoms with Crippen molar-refractivity contribution in [2.24, 2.45) is 7.05 Å². The van der Waals surface area contributed by atoms with Crippen LogP contribution in [0, 0.1) is 5.82 Å². The molecular formula is C23H17F4N5O2. The average Bonchev–Trinajstić information content (AvgIpc) is 3.21. The summed E-state index contributed by atoms with van der Waals surface area (Å²) in [4.78, 5) is 16.5. The van der Waals surface area contributed by atoms with Gasteiger partial charge in [-0.3, -0.25) is 9.67 Å². The third-order valence-electron chi connectivity index (χ3n) is 4.59. The summed E-state index contributed by atoms with van der Waals surface area (Å²) in [5, 5.41) is 8.87. The topological polar surface area (TPSA) is 81.1 Å². The third-order valence-corrected chi connectivity index (χ3v) is 4.59. The number of nitrogens with one attached hydrogen (secondary N) is 2. The van der Waals surface area contributed by atoms with Gasteiger partial charge in [-0.25, -0.2) is 9.18 Å². The van der Waals surface area contributed by atoms with Gasteiger partial charge in [0, 0.05) is 48.5 Å². The van der Waals surface area contributed by atoms with E-state index in [1.54, 1.807) is 54.5 Å². The number of hydrogen-bond donors (Lipinski definition) is 2. The van der Waals surface area contributed by atoms with E-state index in [9.17, 15) is 22.4 Å². The van der Waals surface area contributed by atoms with Gasteiger partial charge in [-0.15, -0.1) is 0 Å². The molecule has 0 saturated carbocycles. The van der Waals surface area contributed by atoms with Crippen molar-refractivity contribution in [3.05, 3.63) is 84.6 Å². The monoisotopic (exact) mass is 471 g/mol. The molecule has 2 amide bonds. The summed E-state index contributed by atoms with van der Waals surface area (Å²) >= 11 is 0. The lowest BCUT2D eigenvalue weighted by atomic mass is 10.2. The molecule has 0 fully saturated rings. The van der Waals surface area contributed by atoms with Crippen LogP contribution in [0.5, 0.6) is 11.5 Å². The molecule has 2 aromatic heterocycles. The van der Waals surface area contributed by atoms with Crippen LogP contribution in [0.2, 0.25) is 0 Å². The van der Waals surface area contributed by atoms with Crippen LogP contribution >= 0.6 is 0 Å². The van der Waals surface area contributed by atoms with Gasteiger partial charge in [0.05, 0.1) is 17.5 Å². The number of carbonyl (C=O) groups is 1. The Morgan fingerprint density at radius 3 is 2.44 bits per heavy atom. The smallest absolute Gasteiger partial charge is 0.419 e. The highest BCUT2D eigenvalue weighted by Crippen LogP contribution is 2.33. The summed E-state index contributed by atoms with van der Waals surface area (Å²) < 4.78 is 59.5. The fraction of sp³-hybridized carbons (Fsp3) is 0.0870. The van der Waals surface area contributed by atoms with Crippen molar-refractivity contribution >= 4 is 17.4 Å². The maximum atomic E-state index is 13.4. The molecule has 0 unspecified atom stereocenters. The molecule has 0 spiro atoms. The third kappa shape index (κ3) is 5.49. The van der Waals surface area contributed by atoms with E-state index in [0.29, 0.717) is 35.0 Å². The van der Waals surface area contributed by atoms with Crippen LogP contribution < -0.4 is 15.4 Å². The molecule has 4 rings (SSSR count). The average molecular weight is 471 g/mol. The van der Waals surface area contributed by atoms with Crippen LogP contribution in [0.15, 0.2) is 73.2 Å². The molecular weight excluding hydrogens is 454 g/mol. The summed E-state index contributed by atoms with van der Waals surface area (Å²) in [7, 11) is 1.80. The Morgan fingerprint density at radius 1 is 1.00 bits per heavy atom. The number of hydrogen-bond acceptors (Lipinski definition) is 4. The zero-order valence-corrected chi connectivity index (χ0v) is 17.6. The minimum atomic E-state index is -4.88. The second-order valence-corrected chi connectivity index (χ2v) is 7.18. The number of nitrogens with zero attached hydrogens (tertiary/aromatic N) is 3. The second-order valence-electron chi connectivity index (χ2n) is 7.18. The van der Waals surface area contributed by atoms with E-state index in [1.165, 1.54) is 6.07 Å². The minimum absolute atomic E-state index is 0.210. The molecule has 2 N–H and O–H groups in total. The summed E-state index contributed by atoms with van der Waals surface area (Å²) in [6.45, 7) is 0. The second kappa shape index (κ2) is 9.22. The lowest BCUT2D eigenvalue weighted by Gasteiger charge is -2.12. The van der Waals surface area contributed by atoms with E-state index < -0.39 is 23.6 Å². The zero-order chi connectivity index (χ0) is 24.3. The molecule has 2 aromatic carbocycles. The summed E-state index contributed by atoms with van der Waals surface area (Å²) in [6, 6.07) is 11.2. The number of carbonyl (C=O) groups excluding carboxylic acids is 1. The first-order valence-electron chi connectivity index (χ1n) is 9.85. The van der Waals surface area contributed by atoms with Gasteiger partial charge < -0.3 is 15.4 Å². The van der Waals surface area contributed by atoms with Crippen LogP contribution in [0.1, 0.15) is 5.56 Å². The Morgan fingerprint density at radius 2 is 1.74 bits per heavy atom. The minimum Gasteiger partial charge on any atom is -0.457 e. The van der Waals surface area contributed by atoms with Crippen LogP contribution in [0.25, 0.3) is 11.3 Å². The van der Waals surface area contributed by atoms with E-state index >= 15 is 0 Å². The molecule has 11 heteroatoms. The lowest BCUT2D eigenvalue weighted by molar-refractivity contribution is -0.139. The summed E-state index contributed by atoms with van der Waals surface area (Å²) in [5.41, 5.74) is 0.128. The number of halogens is 4. The van der Waals surface area contributed by atoms with Crippen LogP contribution in [0.4, 0.5) is 33.7 Å². The van der Waals surface area contributed by atoms with Crippen molar-refractivity contribution < 1.29 is 27.1 Å². The van der Waals surface area contributed by atoms with Crippen LogP contribution in [-0.2, 0) is 13.2 Å². The SMILES string of the molecule is Cn1cc(-c2cc(Oc3cccc(NC(=O)Nc4ccc(F)c(C(F)(F)F)c4)c3)ccn2)cn1. The first kappa shape index (κ1) is 22.8. The van der Waals surface area contributed by atoms with Crippen LogP contribution in [0.3, 0.4) is 0 Å². The number of urea groups is 1. The van der Waals surface area contributed by atoms with Gasteiger partial charge in [0.25, 0.3) is 0 Å². The van der Waals surface area contributed by atoms with Crippen LogP contribution in [-0.4, -0.2) is 20.8 Å². The molecule has 0 radical (unpaired) electrons. The number of benzene rings is 2. The number of rotatable bonds is 5. The van der Waals surface area contributed by atoms with Crippen molar-refractivity contribution in [1.82, 2.24) is 14.8 Å². The van der Waals surface area contributed by atoms with Crippen molar-refractivity contribution in [3.63, 3.8) is 0 Å². The Kier molecular flexibility index (Phi) is 6.17. The molecule has 0 saturated heterocycles. The van der Waals surface area contributed by atoms with Gasteiger partial charge in [-0.1, -0.05) is 6.07 Å². The number of anilines is 2. The van der Waals surface area contributed by atoms with E-state index in [2.05, 4.69) is 20.7 Å². The number of pyridine rings is 1. The molecule has 174 valence electrons. The van der Waals surface area contributed by atoms with Crippen molar-refractivity contribution in [2.45, 2.75) is 6.18 Å². The van der Waals surface area contributed by atoms with Gasteiger partial charge >= 0.3 is 12.2 Å². The van der Waals surface area contributed by atoms with Gasteiger partial charge in [-0.05, 0) is 36.4 Å². The van der Waals surface area contributed by atoms with Crippen molar-refractivity contribution in [2.75, 3.05) is 10.6 Å². The Bertz CT molecular complexity index is 1340. The van der Waals surface area contributed by atoms with Gasteiger partial charge in [-0.2, -0.15) is 18.3 Å². The summed E-state index contributed by atoms with van der Waals surface area (Å²) in [5.74, 6) is -0.519. The van der Waals surface area contributed by atoms with Gasteiger partial charge in [0.15, 0.2) is 0 Å². The number of aryl methyl sites for hydroxylation is 1. The molecule has 2 heterocycles. The van der Waals surface area contributed by atoms with Crippen molar-refractivity contribution in [1.29, 1.82) is 0 Å². The largest absolute Gasteiger partial charge is 0.457 e.